The van der Waals surface area contributed by atoms with E-state index in [1.807, 2.05) is 19.1 Å². The highest BCUT2D eigenvalue weighted by Crippen LogP contribution is 1.90. The predicted molar refractivity (Wildman–Crippen MR) is 47.0 cm³/mol. The molecular weight excluding hydrogens is 138 g/mol. The van der Waals surface area contributed by atoms with Crippen molar-refractivity contribution in [2.45, 2.75) is 26.7 Å². The first-order chi connectivity index (χ1) is 5.27. The molecule has 1 amide bonds. The maximum absolute atomic E-state index is 10.4. The third-order valence-electron chi connectivity index (χ3n) is 1.14. The van der Waals surface area contributed by atoms with E-state index in [-0.39, 0.29) is 5.91 Å². The van der Waals surface area contributed by atoms with Gasteiger partial charge in [-0.1, -0.05) is 18.2 Å². The Labute approximate surface area is 68.0 Å². The molecule has 2 nitrogen and oxygen atoms in total. The molecule has 0 saturated heterocycles. The number of hydrogen-bond acceptors (Lipinski definition) is 1. The summed E-state index contributed by atoms with van der Waals surface area (Å²) in [5, 5.41) is 2.58. The molecule has 2 heteroatoms. The van der Waals surface area contributed by atoms with Crippen LogP contribution in [0.15, 0.2) is 24.4 Å². The smallest absolute Gasteiger partial charge is 0.220 e. The number of allylic oxidation sites excluding steroid dienone is 3. The van der Waals surface area contributed by atoms with Gasteiger partial charge < -0.3 is 5.32 Å². The van der Waals surface area contributed by atoms with Gasteiger partial charge in [-0.3, -0.25) is 4.79 Å². The minimum absolute atomic E-state index is 0.0210. The average Bonchev–Trinajstić information content (AvgIpc) is 1.96. The molecular formula is C9H15NO. The fourth-order valence-corrected chi connectivity index (χ4v) is 0.619. The molecule has 1 N–H and O–H groups in total. The fourth-order valence-electron chi connectivity index (χ4n) is 0.619. The lowest BCUT2D eigenvalue weighted by Crippen LogP contribution is -2.11. The summed E-state index contributed by atoms with van der Waals surface area (Å²) in [6, 6.07) is 0. The second-order valence-electron chi connectivity index (χ2n) is 2.25. The standard InChI is InChI=1S/C9H15NO/c1-3-4-5-6-7-8-10-9(2)11/h3-4,7-8H,5-6H2,1-2H3,(H,10,11)/b4-3+,8-7+. The molecule has 0 aliphatic heterocycles. The number of nitrogens with one attached hydrogen (secondary N) is 1. The third kappa shape index (κ3) is 8.95. The Balaban J connectivity index is 3.23. The Morgan fingerprint density at radius 3 is 2.55 bits per heavy atom. The highest BCUT2D eigenvalue weighted by atomic mass is 16.1. The largest absolute Gasteiger partial charge is 0.333 e. The summed E-state index contributed by atoms with van der Waals surface area (Å²) >= 11 is 0. The molecule has 0 unspecified atom stereocenters. The summed E-state index contributed by atoms with van der Waals surface area (Å²) in [6.45, 7) is 3.49. The van der Waals surface area contributed by atoms with E-state index < -0.39 is 0 Å². The summed E-state index contributed by atoms with van der Waals surface area (Å²) in [7, 11) is 0. The van der Waals surface area contributed by atoms with Gasteiger partial charge >= 0.3 is 0 Å². The highest BCUT2D eigenvalue weighted by Gasteiger charge is 1.80. The van der Waals surface area contributed by atoms with Gasteiger partial charge in [0.15, 0.2) is 0 Å². The van der Waals surface area contributed by atoms with Gasteiger partial charge in [0.2, 0.25) is 5.91 Å². The van der Waals surface area contributed by atoms with Gasteiger partial charge in [0.25, 0.3) is 0 Å². The van der Waals surface area contributed by atoms with Gasteiger partial charge in [0.1, 0.15) is 0 Å². The van der Waals surface area contributed by atoms with Crippen LogP contribution < -0.4 is 5.32 Å². The molecule has 0 heterocycles. The average molecular weight is 153 g/mol. The van der Waals surface area contributed by atoms with Crippen LogP contribution in [-0.4, -0.2) is 5.91 Å². The molecule has 0 fully saturated rings. The first kappa shape index (κ1) is 9.95. The maximum Gasteiger partial charge on any atom is 0.220 e. The molecule has 0 aliphatic rings. The zero-order valence-electron chi connectivity index (χ0n) is 7.13. The number of amides is 1. The van der Waals surface area contributed by atoms with Gasteiger partial charge in [-0.05, 0) is 26.0 Å². The molecule has 0 aromatic carbocycles. The summed E-state index contributed by atoms with van der Waals surface area (Å²) in [4.78, 5) is 10.4. The van der Waals surface area contributed by atoms with Crippen LogP contribution in [0.1, 0.15) is 26.7 Å². The molecule has 0 saturated carbocycles. The molecule has 0 atom stereocenters. The van der Waals surface area contributed by atoms with Crippen molar-refractivity contribution in [2.24, 2.45) is 0 Å². The number of hydrogen-bond donors (Lipinski definition) is 1. The second-order valence-corrected chi connectivity index (χ2v) is 2.25. The van der Waals surface area contributed by atoms with Gasteiger partial charge in [0, 0.05) is 6.92 Å². The Morgan fingerprint density at radius 2 is 2.00 bits per heavy atom. The Kier molecular flexibility index (Phi) is 6.39. The Morgan fingerprint density at radius 1 is 1.36 bits per heavy atom. The SMILES string of the molecule is C/C=C/CC/C=C/NC(C)=O. The van der Waals surface area contributed by atoms with E-state index in [1.54, 1.807) is 6.20 Å². The molecule has 0 aromatic heterocycles. The molecule has 0 rings (SSSR count). The van der Waals surface area contributed by atoms with Crippen LogP contribution in [0.2, 0.25) is 0 Å². The van der Waals surface area contributed by atoms with Crippen molar-refractivity contribution in [3.05, 3.63) is 24.4 Å². The van der Waals surface area contributed by atoms with E-state index in [0.717, 1.165) is 12.8 Å². The molecule has 62 valence electrons. The van der Waals surface area contributed by atoms with Crippen LogP contribution in [-0.2, 0) is 4.79 Å². The minimum atomic E-state index is -0.0210. The normalized spacial score (nSPS) is 11.1. The van der Waals surface area contributed by atoms with Crippen molar-refractivity contribution in [3.63, 3.8) is 0 Å². The van der Waals surface area contributed by atoms with Crippen molar-refractivity contribution in [1.29, 1.82) is 0 Å². The lowest BCUT2D eigenvalue weighted by molar-refractivity contribution is -0.118. The first-order valence-corrected chi connectivity index (χ1v) is 3.80. The van der Waals surface area contributed by atoms with E-state index >= 15 is 0 Å². The van der Waals surface area contributed by atoms with E-state index in [9.17, 15) is 4.79 Å². The van der Waals surface area contributed by atoms with Gasteiger partial charge in [-0.15, -0.1) is 0 Å². The number of carbonyl (C=O) groups is 1. The number of unbranched alkanes of at least 4 members (excludes halogenated alkanes) is 1. The molecule has 0 bridgehead atoms. The van der Waals surface area contributed by atoms with Crippen LogP contribution in [0.4, 0.5) is 0 Å². The topological polar surface area (TPSA) is 29.1 Å². The molecule has 0 aliphatic carbocycles. The first-order valence-electron chi connectivity index (χ1n) is 3.80. The zero-order chi connectivity index (χ0) is 8.53. The Hall–Kier alpha value is -1.05. The van der Waals surface area contributed by atoms with Crippen molar-refractivity contribution in [3.8, 4) is 0 Å². The van der Waals surface area contributed by atoms with Gasteiger partial charge in [-0.25, -0.2) is 0 Å². The van der Waals surface area contributed by atoms with E-state index in [4.69, 9.17) is 0 Å². The summed E-state index contributed by atoms with van der Waals surface area (Å²) in [6.07, 6.45) is 9.76. The fraction of sp³-hybridized carbons (Fsp3) is 0.444. The van der Waals surface area contributed by atoms with Crippen LogP contribution in [0.25, 0.3) is 0 Å². The summed E-state index contributed by atoms with van der Waals surface area (Å²) in [5.74, 6) is -0.0210. The number of rotatable bonds is 4. The lowest BCUT2D eigenvalue weighted by atomic mass is 10.3. The van der Waals surface area contributed by atoms with Crippen molar-refractivity contribution < 1.29 is 4.79 Å². The monoisotopic (exact) mass is 153 g/mol. The third-order valence-corrected chi connectivity index (χ3v) is 1.14. The molecule has 0 aromatic rings. The molecule has 11 heavy (non-hydrogen) atoms. The predicted octanol–water partition coefficient (Wildman–Crippen LogP) is 1.99. The van der Waals surface area contributed by atoms with E-state index in [0.29, 0.717) is 0 Å². The van der Waals surface area contributed by atoms with Crippen LogP contribution in [0.3, 0.4) is 0 Å². The van der Waals surface area contributed by atoms with Gasteiger partial charge in [-0.2, -0.15) is 0 Å². The molecule has 0 radical (unpaired) electrons. The van der Waals surface area contributed by atoms with E-state index in [1.165, 1.54) is 6.92 Å². The second kappa shape index (κ2) is 7.06. The van der Waals surface area contributed by atoms with Crippen molar-refractivity contribution >= 4 is 5.91 Å². The maximum atomic E-state index is 10.4. The molecule has 0 spiro atoms. The zero-order valence-corrected chi connectivity index (χ0v) is 7.13. The Bertz CT molecular complexity index is 159. The van der Waals surface area contributed by atoms with Crippen molar-refractivity contribution in [1.82, 2.24) is 5.32 Å². The van der Waals surface area contributed by atoms with Crippen LogP contribution >= 0.6 is 0 Å². The lowest BCUT2D eigenvalue weighted by Gasteiger charge is -1.89. The van der Waals surface area contributed by atoms with Gasteiger partial charge in [0.05, 0.1) is 0 Å². The quantitative estimate of drug-likeness (QED) is 0.485. The summed E-state index contributed by atoms with van der Waals surface area (Å²) < 4.78 is 0. The highest BCUT2D eigenvalue weighted by molar-refractivity contribution is 5.73. The van der Waals surface area contributed by atoms with E-state index in [2.05, 4.69) is 11.4 Å². The minimum Gasteiger partial charge on any atom is -0.333 e. The summed E-state index contributed by atoms with van der Waals surface area (Å²) in [5.41, 5.74) is 0. The van der Waals surface area contributed by atoms with Crippen LogP contribution in [0.5, 0.6) is 0 Å². The van der Waals surface area contributed by atoms with Crippen LogP contribution in [0, 0.1) is 0 Å². The van der Waals surface area contributed by atoms with Crippen molar-refractivity contribution in [2.75, 3.05) is 0 Å². The number of carbonyl (C=O) groups excluding carboxylic acids is 1.